The van der Waals surface area contributed by atoms with Gasteiger partial charge < -0.3 is 14.0 Å². The van der Waals surface area contributed by atoms with Crippen LogP contribution in [0.25, 0.3) is 11.0 Å². The monoisotopic (exact) mass is 282 g/mol. The number of para-hydroxylation sites is 1. The third-order valence-corrected chi connectivity index (χ3v) is 3.38. The SMILES string of the molecule is COc1cccc2c1nc(C(C)Cl)n2CC(C)OC. The molecule has 4 nitrogen and oxygen atoms in total. The number of rotatable bonds is 5. The minimum atomic E-state index is -0.166. The fourth-order valence-electron chi connectivity index (χ4n) is 2.13. The van der Waals surface area contributed by atoms with Gasteiger partial charge in [0.2, 0.25) is 0 Å². The molecule has 0 saturated carbocycles. The molecule has 5 heteroatoms. The van der Waals surface area contributed by atoms with Crippen LogP contribution in [0.15, 0.2) is 18.2 Å². The Morgan fingerprint density at radius 1 is 1.32 bits per heavy atom. The van der Waals surface area contributed by atoms with E-state index in [0.29, 0.717) is 6.54 Å². The molecule has 0 saturated heterocycles. The van der Waals surface area contributed by atoms with E-state index in [1.165, 1.54) is 0 Å². The van der Waals surface area contributed by atoms with Gasteiger partial charge in [-0.2, -0.15) is 0 Å². The van der Waals surface area contributed by atoms with Crippen molar-refractivity contribution in [1.82, 2.24) is 9.55 Å². The van der Waals surface area contributed by atoms with Crippen LogP contribution < -0.4 is 4.74 Å². The maximum atomic E-state index is 6.24. The second kappa shape index (κ2) is 5.80. The van der Waals surface area contributed by atoms with E-state index in [4.69, 9.17) is 21.1 Å². The average molecular weight is 283 g/mol. The fourth-order valence-corrected chi connectivity index (χ4v) is 2.30. The highest BCUT2D eigenvalue weighted by molar-refractivity contribution is 6.20. The quantitative estimate of drug-likeness (QED) is 0.789. The largest absolute Gasteiger partial charge is 0.494 e. The lowest BCUT2D eigenvalue weighted by atomic mass is 10.3. The van der Waals surface area contributed by atoms with E-state index in [2.05, 4.69) is 9.55 Å². The number of alkyl halides is 1. The van der Waals surface area contributed by atoms with Gasteiger partial charge in [0.25, 0.3) is 0 Å². The van der Waals surface area contributed by atoms with Crippen molar-refractivity contribution in [2.75, 3.05) is 14.2 Å². The van der Waals surface area contributed by atoms with E-state index in [9.17, 15) is 0 Å². The van der Waals surface area contributed by atoms with Crippen LogP contribution in [-0.4, -0.2) is 29.9 Å². The molecular weight excluding hydrogens is 264 g/mol. The summed E-state index contributed by atoms with van der Waals surface area (Å²) < 4.78 is 12.8. The van der Waals surface area contributed by atoms with Crippen LogP contribution in [0.1, 0.15) is 25.0 Å². The highest BCUT2D eigenvalue weighted by Gasteiger charge is 2.18. The second-order valence-corrected chi connectivity index (χ2v) is 5.23. The van der Waals surface area contributed by atoms with E-state index in [0.717, 1.165) is 22.6 Å². The molecular formula is C14H19ClN2O2. The summed E-state index contributed by atoms with van der Waals surface area (Å²) in [4.78, 5) is 4.62. The zero-order valence-electron chi connectivity index (χ0n) is 11.7. The molecule has 1 aromatic carbocycles. The average Bonchev–Trinajstić information content (AvgIpc) is 2.77. The van der Waals surface area contributed by atoms with E-state index in [1.54, 1.807) is 14.2 Å². The van der Waals surface area contributed by atoms with Gasteiger partial charge in [0, 0.05) is 7.11 Å². The summed E-state index contributed by atoms with van der Waals surface area (Å²) in [6.45, 7) is 4.66. The van der Waals surface area contributed by atoms with Gasteiger partial charge in [-0.25, -0.2) is 4.98 Å². The van der Waals surface area contributed by atoms with E-state index in [-0.39, 0.29) is 11.5 Å². The highest BCUT2D eigenvalue weighted by atomic mass is 35.5. The van der Waals surface area contributed by atoms with Gasteiger partial charge in [-0.3, -0.25) is 0 Å². The topological polar surface area (TPSA) is 36.3 Å². The standard InChI is InChI=1S/C14H19ClN2O2/c1-9(18-3)8-17-11-6-5-7-12(19-4)13(11)16-14(17)10(2)15/h5-7,9-10H,8H2,1-4H3. The van der Waals surface area contributed by atoms with Crippen LogP contribution in [0.2, 0.25) is 0 Å². The van der Waals surface area contributed by atoms with Crippen LogP contribution in [0, 0.1) is 0 Å². The first-order valence-corrected chi connectivity index (χ1v) is 6.72. The molecule has 19 heavy (non-hydrogen) atoms. The number of nitrogens with zero attached hydrogens (tertiary/aromatic N) is 2. The molecule has 0 aliphatic heterocycles. The molecule has 1 heterocycles. The summed E-state index contributed by atoms with van der Waals surface area (Å²) in [6.07, 6.45) is 0.0952. The number of methoxy groups -OCH3 is 2. The summed E-state index contributed by atoms with van der Waals surface area (Å²) in [5, 5.41) is -0.166. The molecule has 0 radical (unpaired) electrons. The van der Waals surface area contributed by atoms with Crippen molar-refractivity contribution in [3.63, 3.8) is 0 Å². The van der Waals surface area contributed by atoms with E-state index < -0.39 is 0 Å². The maximum absolute atomic E-state index is 6.24. The first-order chi connectivity index (χ1) is 9.08. The maximum Gasteiger partial charge on any atom is 0.146 e. The summed E-state index contributed by atoms with van der Waals surface area (Å²) in [7, 11) is 3.35. The molecule has 1 aromatic heterocycles. The van der Waals surface area contributed by atoms with Gasteiger partial charge in [-0.05, 0) is 26.0 Å². The third kappa shape index (κ3) is 2.69. The van der Waals surface area contributed by atoms with Crippen molar-refractivity contribution in [2.24, 2.45) is 0 Å². The minimum absolute atomic E-state index is 0.0952. The van der Waals surface area contributed by atoms with Gasteiger partial charge in [0.05, 0.1) is 30.7 Å². The molecule has 104 valence electrons. The van der Waals surface area contributed by atoms with Gasteiger partial charge in [-0.15, -0.1) is 11.6 Å². The summed E-state index contributed by atoms with van der Waals surface area (Å²) in [5.41, 5.74) is 1.86. The molecule has 0 spiro atoms. The number of halogens is 1. The van der Waals surface area contributed by atoms with Gasteiger partial charge in [0.15, 0.2) is 0 Å². The van der Waals surface area contributed by atoms with Crippen molar-refractivity contribution in [3.05, 3.63) is 24.0 Å². The fraction of sp³-hybridized carbons (Fsp3) is 0.500. The van der Waals surface area contributed by atoms with Crippen molar-refractivity contribution in [3.8, 4) is 5.75 Å². The second-order valence-electron chi connectivity index (χ2n) is 4.57. The predicted octanol–water partition coefficient (Wildman–Crippen LogP) is 3.38. The highest BCUT2D eigenvalue weighted by Crippen LogP contribution is 2.30. The normalized spacial score (nSPS) is 14.6. The van der Waals surface area contributed by atoms with E-state index >= 15 is 0 Å². The summed E-state index contributed by atoms with van der Waals surface area (Å²) >= 11 is 6.24. The smallest absolute Gasteiger partial charge is 0.146 e. The Morgan fingerprint density at radius 3 is 2.63 bits per heavy atom. The van der Waals surface area contributed by atoms with Crippen molar-refractivity contribution in [1.29, 1.82) is 0 Å². The van der Waals surface area contributed by atoms with Crippen LogP contribution in [0.3, 0.4) is 0 Å². The molecule has 2 unspecified atom stereocenters. The number of aromatic nitrogens is 2. The predicted molar refractivity (Wildman–Crippen MR) is 77.0 cm³/mol. The van der Waals surface area contributed by atoms with Crippen LogP contribution >= 0.6 is 11.6 Å². The van der Waals surface area contributed by atoms with Gasteiger partial charge in [0.1, 0.15) is 17.1 Å². The molecule has 2 rings (SSSR count). The molecule has 2 aromatic rings. The molecule has 0 aliphatic rings. The van der Waals surface area contributed by atoms with Crippen molar-refractivity contribution < 1.29 is 9.47 Å². The number of imidazole rings is 1. The summed E-state index contributed by atoms with van der Waals surface area (Å²) in [5.74, 6) is 1.60. The Balaban J connectivity index is 2.60. The lowest BCUT2D eigenvalue weighted by Gasteiger charge is -2.15. The number of fused-ring (bicyclic) bond motifs is 1. The van der Waals surface area contributed by atoms with Crippen LogP contribution in [-0.2, 0) is 11.3 Å². The van der Waals surface area contributed by atoms with Gasteiger partial charge in [-0.1, -0.05) is 6.07 Å². The van der Waals surface area contributed by atoms with E-state index in [1.807, 2.05) is 32.0 Å². The molecule has 0 N–H and O–H groups in total. The Morgan fingerprint density at radius 2 is 2.05 bits per heavy atom. The van der Waals surface area contributed by atoms with Crippen LogP contribution in [0.5, 0.6) is 5.75 Å². The minimum Gasteiger partial charge on any atom is -0.494 e. The Hall–Kier alpha value is -1.26. The Bertz CT molecular complexity index is 566. The zero-order valence-corrected chi connectivity index (χ0v) is 12.4. The summed E-state index contributed by atoms with van der Waals surface area (Å²) in [6, 6.07) is 5.89. The Kier molecular flexibility index (Phi) is 4.32. The molecule has 0 bridgehead atoms. The van der Waals surface area contributed by atoms with Crippen molar-refractivity contribution in [2.45, 2.75) is 31.9 Å². The van der Waals surface area contributed by atoms with Crippen LogP contribution in [0.4, 0.5) is 0 Å². The van der Waals surface area contributed by atoms with Gasteiger partial charge >= 0.3 is 0 Å². The molecule has 2 atom stereocenters. The Labute approximate surface area is 118 Å². The number of hydrogen-bond donors (Lipinski definition) is 0. The number of benzene rings is 1. The number of ether oxygens (including phenoxy) is 2. The zero-order chi connectivity index (χ0) is 14.0. The first-order valence-electron chi connectivity index (χ1n) is 6.28. The van der Waals surface area contributed by atoms with Crippen molar-refractivity contribution >= 4 is 22.6 Å². The third-order valence-electron chi connectivity index (χ3n) is 3.19. The molecule has 0 fully saturated rings. The molecule has 0 amide bonds. The lowest BCUT2D eigenvalue weighted by molar-refractivity contribution is 0.103. The first kappa shape index (κ1) is 14.2. The lowest BCUT2D eigenvalue weighted by Crippen LogP contribution is -2.16. The molecule has 0 aliphatic carbocycles. The number of hydrogen-bond acceptors (Lipinski definition) is 3.